The van der Waals surface area contributed by atoms with Crippen LogP contribution in [0.2, 0.25) is 0 Å². The molecule has 3 aromatic carbocycles. The van der Waals surface area contributed by atoms with Gasteiger partial charge in [-0.15, -0.1) is 0 Å². The second-order valence-corrected chi connectivity index (χ2v) is 8.32. The van der Waals surface area contributed by atoms with Crippen LogP contribution in [0.15, 0.2) is 78.5 Å². The summed E-state index contributed by atoms with van der Waals surface area (Å²) in [6, 6.07) is 23.3. The van der Waals surface area contributed by atoms with Gasteiger partial charge in [0.25, 0.3) is 11.8 Å². The first kappa shape index (κ1) is 21.4. The van der Waals surface area contributed by atoms with E-state index < -0.39 is 0 Å². The highest BCUT2D eigenvalue weighted by Crippen LogP contribution is 2.33. The molecule has 5 heteroatoms. The largest absolute Gasteiger partial charge is 0.378 e. The summed E-state index contributed by atoms with van der Waals surface area (Å²) in [5.74, 6) is -0.594. The summed E-state index contributed by atoms with van der Waals surface area (Å²) >= 11 is 0. The van der Waals surface area contributed by atoms with Crippen LogP contribution in [0.1, 0.15) is 22.3 Å². The SMILES string of the molecule is Cc1ccc(C2=C(Nc3ccc(N(C)C)cc3)C(=O)N(Cc3ccccc3)C2=O)c(C)c1. The van der Waals surface area contributed by atoms with Gasteiger partial charge in [0.1, 0.15) is 5.70 Å². The molecule has 0 bridgehead atoms. The lowest BCUT2D eigenvalue weighted by Crippen LogP contribution is -2.32. The highest BCUT2D eigenvalue weighted by molar-refractivity contribution is 6.36. The molecule has 0 spiro atoms. The maximum atomic E-state index is 13.5. The highest BCUT2D eigenvalue weighted by atomic mass is 16.2. The number of carbonyl (C=O) groups excluding carboxylic acids is 2. The number of anilines is 2. The Labute approximate surface area is 189 Å². The molecule has 1 N–H and O–H groups in total. The van der Waals surface area contributed by atoms with E-state index in [1.165, 1.54) is 4.90 Å². The molecule has 0 radical (unpaired) electrons. The van der Waals surface area contributed by atoms with Gasteiger partial charge in [-0.3, -0.25) is 14.5 Å². The van der Waals surface area contributed by atoms with Gasteiger partial charge in [-0.25, -0.2) is 0 Å². The molecule has 0 aliphatic carbocycles. The van der Waals surface area contributed by atoms with E-state index >= 15 is 0 Å². The van der Waals surface area contributed by atoms with Gasteiger partial charge in [0.15, 0.2) is 0 Å². The predicted molar refractivity (Wildman–Crippen MR) is 129 cm³/mol. The zero-order chi connectivity index (χ0) is 22.8. The molecule has 5 nitrogen and oxygen atoms in total. The van der Waals surface area contributed by atoms with E-state index in [1.807, 2.05) is 106 Å². The normalized spacial score (nSPS) is 13.7. The fourth-order valence-electron chi connectivity index (χ4n) is 3.93. The number of nitrogens with one attached hydrogen (secondary N) is 1. The number of amides is 2. The van der Waals surface area contributed by atoms with Crippen LogP contribution in [0.4, 0.5) is 11.4 Å². The summed E-state index contributed by atoms with van der Waals surface area (Å²) in [5.41, 5.74) is 6.30. The summed E-state index contributed by atoms with van der Waals surface area (Å²) in [6.07, 6.45) is 0. The Hall–Kier alpha value is -3.86. The van der Waals surface area contributed by atoms with Crippen LogP contribution < -0.4 is 10.2 Å². The lowest BCUT2D eigenvalue weighted by molar-refractivity contribution is -0.137. The van der Waals surface area contributed by atoms with Gasteiger partial charge in [0, 0.05) is 25.5 Å². The lowest BCUT2D eigenvalue weighted by atomic mass is 9.97. The first-order valence-corrected chi connectivity index (χ1v) is 10.6. The van der Waals surface area contributed by atoms with E-state index in [4.69, 9.17) is 0 Å². The number of aryl methyl sites for hydroxylation is 2. The maximum Gasteiger partial charge on any atom is 0.278 e. The summed E-state index contributed by atoms with van der Waals surface area (Å²) in [5, 5.41) is 3.24. The van der Waals surface area contributed by atoms with E-state index in [-0.39, 0.29) is 18.4 Å². The number of rotatable bonds is 6. The molecule has 4 rings (SSSR count). The number of carbonyl (C=O) groups is 2. The molecular formula is C27H27N3O2. The Kier molecular flexibility index (Phi) is 5.82. The first-order valence-electron chi connectivity index (χ1n) is 10.6. The number of nitrogens with zero attached hydrogens (tertiary/aromatic N) is 2. The molecule has 0 saturated carbocycles. The molecule has 0 aromatic heterocycles. The van der Waals surface area contributed by atoms with Crippen molar-refractivity contribution < 1.29 is 9.59 Å². The molecule has 1 aliphatic heterocycles. The molecule has 0 saturated heterocycles. The Morgan fingerprint density at radius 3 is 2.16 bits per heavy atom. The highest BCUT2D eigenvalue weighted by Gasteiger charge is 2.39. The smallest absolute Gasteiger partial charge is 0.278 e. The maximum absolute atomic E-state index is 13.5. The molecule has 0 fully saturated rings. The lowest BCUT2D eigenvalue weighted by Gasteiger charge is -2.16. The average Bonchev–Trinajstić information content (AvgIpc) is 2.99. The van der Waals surface area contributed by atoms with Crippen LogP contribution in [0.5, 0.6) is 0 Å². The number of imide groups is 1. The van der Waals surface area contributed by atoms with Crippen molar-refractivity contribution >= 4 is 28.8 Å². The Balaban J connectivity index is 1.75. The number of hydrogen-bond donors (Lipinski definition) is 1. The van der Waals surface area contributed by atoms with Crippen molar-refractivity contribution in [1.82, 2.24) is 4.90 Å². The molecule has 2 amide bonds. The third kappa shape index (κ3) is 4.14. The first-order chi connectivity index (χ1) is 15.3. The Morgan fingerprint density at radius 2 is 1.53 bits per heavy atom. The predicted octanol–water partition coefficient (Wildman–Crippen LogP) is 4.76. The van der Waals surface area contributed by atoms with Crippen LogP contribution in [-0.2, 0) is 16.1 Å². The van der Waals surface area contributed by atoms with Gasteiger partial charge < -0.3 is 10.2 Å². The van der Waals surface area contributed by atoms with E-state index in [9.17, 15) is 9.59 Å². The van der Waals surface area contributed by atoms with Gasteiger partial charge in [0.05, 0.1) is 12.1 Å². The molecular weight excluding hydrogens is 398 g/mol. The fourth-order valence-corrected chi connectivity index (χ4v) is 3.93. The quantitative estimate of drug-likeness (QED) is 0.579. The molecule has 1 aliphatic rings. The molecule has 0 atom stereocenters. The standard InChI is InChI=1S/C27H27N3O2/c1-18-10-15-23(19(2)16-18)24-25(28-21-11-13-22(14-12-21)29(3)4)27(32)30(26(24)31)17-20-8-6-5-7-9-20/h5-16,28H,17H2,1-4H3. The van der Waals surface area contributed by atoms with Crippen LogP contribution in [0, 0.1) is 13.8 Å². The van der Waals surface area contributed by atoms with E-state index in [2.05, 4.69) is 5.32 Å². The van der Waals surface area contributed by atoms with E-state index in [0.29, 0.717) is 11.3 Å². The molecule has 32 heavy (non-hydrogen) atoms. The summed E-state index contributed by atoms with van der Waals surface area (Å²) in [4.78, 5) is 30.3. The van der Waals surface area contributed by atoms with E-state index in [0.717, 1.165) is 33.6 Å². The van der Waals surface area contributed by atoms with Crippen LogP contribution in [0.25, 0.3) is 5.57 Å². The van der Waals surface area contributed by atoms with Gasteiger partial charge in [-0.05, 0) is 54.8 Å². The van der Waals surface area contributed by atoms with Crippen molar-refractivity contribution in [3.05, 3.63) is 101 Å². The van der Waals surface area contributed by atoms with Gasteiger partial charge in [-0.2, -0.15) is 0 Å². The van der Waals surface area contributed by atoms with E-state index in [1.54, 1.807) is 0 Å². The van der Waals surface area contributed by atoms with Gasteiger partial charge >= 0.3 is 0 Å². The third-order valence-electron chi connectivity index (χ3n) is 5.66. The molecule has 3 aromatic rings. The molecule has 0 unspecified atom stereocenters. The molecule has 1 heterocycles. The van der Waals surface area contributed by atoms with Gasteiger partial charge in [0.2, 0.25) is 0 Å². The van der Waals surface area contributed by atoms with Crippen molar-refractivity contribution in [2.75, 3.05) is 24.3 Å². The van der Waals surface area contributed by atoms with Crippen molar-refractivity contribution in [2.45, 2.75) is 20.4 Å². The number of hydrogen-bond acceptors (Lipinski definition) is 4. The van der Waals surface area contributed by atoms with Crippen LogP contribution in [-0.4, -0.2) is 30.8 Å². The van der Waals surface area contributed by atoms with Crippen LogP contribution >= 0.6 is 0 Å². The number of benzene rings is 3. The van der Waals surface area contributed by atoms with Crippen molar-refractivity contribution in [3.8, 4) is 0 Å². The topological polar surface area (TPSA) is 52.7 Å². The summed E-state index contributed by atoms with van der Waals surface area (Å²) in [7, 11) is 3.95. The monoisotopic (exact) mass is 425 g/mol. The third-order valence-corrected chi connectivity index (χ3v) is 5.66. The second-order valence-electron chi connectivity index (χ2n) is 8.32. The minimum absolute atomic E-state index is 0.234. The Morgan fingerprint density at radius 1 is 0.844 bits per heavy atom. The van der Waals surface area contributed by atoms with Crippen molar-refractivity contribution in [2.24, 2.45) is 0 Å². The van der Waals surface area contributed by atoms with Crippen LogP contribution in [0.3, 0.4) is 0 Å². The van der Waals surface area contributed by atoms with Crippen molar-refractivity contribution in [1.29, 1.82) is 0 Å². The molecule has 162 valence electrons. The average molecular weight is 426 g/mol. The zero-order valence-electron chi connectivity index (χ0n) is 18.8. The Bertz CT molecular complexity index is 1200. The zero-order valence-corrected chi connectivity index (χ0v) is 18.8. The second kappa shape index (κ2) is 8.71. The fraction of sp³-hybridized carbons (Fsp3) is 0.185. The summed E-state index contributed by atoms with van der Waals surface area (Å²) < 4.78 is 0. The van der Waals surface area contributed by atoms with Gasteiger partial charge in [-0.1, -0.05) is 54.1 Å². The minimum atomic E-state index is -0.314. The minimum Gasteiger partial charge on any atom is -0.378 e. The summed E-state index contributed by atoms with van der Waals surface area (Å²) in [6.45, 7) is 4.22. The van der Waals surface area contributed by atoms with Crippen molar-refractivity contribution in [3.63, 3.8) is 0 Å².